The fourth-order valence-electron chi connectivity index (χ4n) is 5.23. The van der Waals surface area contributed by atoms with Gasteiger partial charge in [-0.05, 0) is 35.6 Å². The van der Waals surface area contributed by atoms with Crippen LogP contribution in [0, 0.1) is 5.92 Å². The van der Waals surface area contributed by atoms with Gasteiger partial charge < -0.3 is 4.57 Å². The molecule has 0 unspecified atom stereocenters. The largest absolute Gasteiger partial charge is 0.309 e. The van der Waals surface area contributed by atoms with Gasteiger partial charge >= 0.3 is 0 Å². The molecule has 0 aliphatic carbocycles. The lowest BCUT2D eigenvalue weighted by Crippen LogP contribution is -2.49. The lowest BCUT2D eigenvalue weighted by atomic mass is 9.77. The zero-order valence-electron chi connectivity index (χ0n) is 16.7. The van der Waals surface area contributed by atoms with Gasteiger partial charge in [-0.1, -0.05) is 43.7 Å². The molecule has 2 aliphatic heterocycles. The minimum atomic E-state index is 0.168. The molecule has 2 aliphatic rings. The Balaban J connectivity index is 1.37. The number of H-pyrrole nitrogens is 1. The third-order valence-electron chi connectivity index (χ3n) is 6.42. The number of hydrogen-bond acceptors (Lipinski definition) is 5. The van der Waals surface area contributed by atoms with Crippen LogP contribution in [0.2, 0.25) is 0 Å². The molecule has 0 spiro atoms. The molecule has 0 saturated carbocycles. The summed E-state index contributed by atoms with van der Waals surface area (Å²) >= 11 is 0. The molecule has 7 nitrogen and oxygen atoms in total. The summed E-state index contributed by atoms with van der Waals surface area (Å²) in [6.45, 7) is 5.20. The van der Waals surface area contributed by atoms with Crippen molar-refractivity contribution in [2.45, 2.75) is 44.7 Å². The molecule has 0 amide bonds. The Morgan fingerprint density at radius 2 is 2.00 bits per heavy atom. The van der Waals surface area contributed by atoms with Crippen LogP contribution in [0.15, 0.2) is 47.3 Å². The van der Waals surface area contributed by atoms with E-state index >= 15 is 0 Å². The molecule has 2 bridgehead atoms. The van der Waals surface area contributed by atoms with Crippen molar-refractivity contribution in [3.63, 3.8) is 0 Å². The van der Waals surface area contributed by atoms with Gasteiger partial charge in [-0.25, -0.2) is 0 Å². The van der Waals surface area contributed by atoms with Crippen molar-refractivity contribution >= 4 is 0 Å². The van der Waals surface area contributed by atoms with Crippen LogP contribution in [-0.2, 0) is 6.54 Å². The first-order valence-corrected chi connectivity index (χ1v) is 10.5. The van der Waals surface area contributed by atoms with Crippen molar-refractivity contribution < 1.29 is 0 Å². The lowest BCUT2D eigenvalue weighted by molar-refractivity contribution is 0.0817. The molecule has 2 aromatic heterocycles. The van der Waals surface area contributed by atoms with Crippen LogP contribution in [0.1, 0.15) is 49.4 Å². The molecule has 1 N–H and O–H groups in total. The van der Waals surface area contributed by atoms with Gasteiger partial charge in [-0.15, -0.1) is 10.2 Å². The van der Waals surface area contributed by atoms with E-state index in [9.17, 15) is 4.79 Å². The molecule has 29 heavy (non-hydrogen) atoms. The number of pyridine rings is 1. The minimum absolute atomic E-state index is 0.168. The molecule has 7 heteroatoms. The number of rotatable bonds is 5. The number of benzene rings is 1. The highest BCUT2D eigenvalue weighted by Gasteiger charge is 2.39. The first-order chi connectivity index (χ1) is 14.2. The fourth-order valence-corrected chi connectivity index (χ4v) is 5.23. The van der Waals surface area contributed by atoms with E-state index in [1.54, 1.807) is 6.07 Å². The Labute approximate surface area is 169 Å². The van der Waals surface area contributed by atoms with Crippen LogP contribution in [-0.4, -0.2) is 43.2 Å². The standard InChI is InChI=1S/C22H26N6O/c1-2-4-19-17-11-18(20-5-3-6-21(29)28(19)20)14-27(13-17)12-15-7-9-16(10-8-15)22-23-25-26-24-22/h3,5-10,17-19H,2,4,11-14H2,1H3,(H,23,24,25,26)/t17-,18+,19-/m0/s1. The number of fused-ring (bicyclic) bond motifs is 4. The highest BCUT2D eigenvalue weighted by Crippen LogP contribution is 2.43. The summed E-state index contributed by atoms with van der Waals surface area (Å²) in [5.74, 6) is 1.60. The number of nitrogens with one attached hydrogen (secondary N) is 1. The SMILES string of the molecule is CCC[C@H]1[C@H]2C[C@H](CN(Cc3ccc(-c4nn[nH]n4)cc3)C2)c2cccc(=O)n21. The van der Waals surface area contributed by atoms with E-state index in [2.05, 4.69) is 67.3 Å². The highest BCUT2D eigenvalue weighted by molar-refractivity contribution is 5.54. The Morgan fingerprint density at radius 1 is 1.14 bits per heavy atom. The molecule has 1 saturated heterocycles. The number of aromatic amines is 1. The summed E-state index contributed by atoms with van der Waals surface area (Å²) in [6, 6.07) is 14.5. The van der Waals surface area contributed by atoms with Crippen molar-refractivity contribution in [2.24, 2.45) is 5.92 Å². The summed E-state index contributed by atoms with van der Waals surface area (Å²) in [6.07, 6.45) is 3.37. The highest BCUT2D eigenvalue weighted by atomic mass is 16.1. The predicted molar refractivity (Wildman–Crippen MR) is 110 cm³/mol. The van der Waals surface area contributed by atoms with Crippen molar-refractivity contribution in [2.75, 3.05) is 13.1 Å². The van der Waals surface area contributed by atoms with E-state index in [1.165, 1.54) is 17.7 Å². The molecule has 5 rings (SSSR count). The quantitative estimate of drug-likeness (QED) is 0.724. The van der Waals surface area contributed by atoms with E-state index in [0.717, 1.165) is 38.0 Å². The Bertz CT molecular complexity index is 1030. The third-order valence-corrected chi connectivity index (χ3v) is 6.42. The van der Waals surface area contributed by atoms with Crippen LogP contribution < -0.4 is 5.56 Å². The maximum absolute atomic E-state index is 12.6. The first-order valence-electron chi connectivity index (χ1n) is 10.5. The fraction of sp³-hybridized carbons (Fsp3) is 0.455. The first kappa shape index (κ1) is 18.2. The minimum Gasteiger partial charge on any atom is -0.309 e. The van der Waals surface area contributed by atoms with E-state index in [-0.39, 0.29) is 5.56 Å². The Kier molecular flexibility index (Phi) is 4.75. The van der Waals surface area contributed by atoms with Crippen molar-refractivity contribution in [3.8, 4) is 11.4 Å². The molecule has 0 radical (unpaired) electrons. The van der Waals surface area contributed by atoms with Crippen LogP contribution in [0.5, 0.6) is 0 Å². The molecule has 3 atom stereocenters. The number of likely N-dealkylation sites (tertiary alicyclic amines) is 1. The zero-order valence-corrected chi connectivity index (χ0v) is 16.7. The predicted octanol–water partition coefficient (Wildman–Crippen LogP) is 2.99. The summed E-state index contributed by atoms with van der Waals surface area (Å²) in [5.41, 5.74) is 3.65. The average Bonchev–Trinajstić information content (AvgIpc) is 3.27. The average molecular weight is 390 g/mol. The van der Waals surface area contributed by atoms with Gasteiger partial charge in [0.2, 0.25) is 5.82 Å². The maximum Gasteiger partial charge on any atom is 0.250 e. The number of tetrazole rings is 1. The molecule has 3 aromatic rings. The molecule has 150 valence electrons. The monoisotopic (exact) mass is 390 g/mol. The van der Waals surface area contributed by atoms with Gasteiger partial charge in [0.15, 0.2) is 0 Å². The number of nitrogens with zero attached hydrogens (tertiary/aromatic N) is 5. The summed E-state index contributed by atoms with van der Waals surface area (Å²) in [5, 5.41) is 14.2. The van der Waals surface area contributed by atoms with Crippen LogP contribution in [0.3, 0.4) is 0 Å². The molecule has 1 fully saturated rings. The third kappa shape index (κ3) is 3.40. The second-order valence-electron chi connectivity index (χ2n) is 8.33. The van der Waals surface area contributed by atoms with Crippen LogP contribution in [0.4, 0.5) is 0 Å². The number of hydrogen-bond donors (Lipinski definition) is 1. The van der Waals surface area contributed by atoms with Crippen molar-refractivity contribution in [1.82, 2.24) is 30.1 Å². The lowest BCUT2D eigenvalue weighted by Gasteiger charge is -2.47. The van der Waals surface area contributed by atoms with Crippen LogP contribution >= 0.6 is 0 Å². The normalized spacial score (nSPS) is 23.7. The van der Waals surface area contributed by atoms with Gasteiger partial charge in [0.1, 0.15) is 0 Å². The van der Waals surface area contributed by atoms with Crippen molar-refractivity contribution in [1.29, 1.82) is 0 Å². The van der Waals surface area contributed by atoms with Gasteiger partial charge in [0.05, 0.1) is 0 Å². The summed E-state index contributed by atoms with van der Waals surface area (Å²) in [7, 11) is 0. The second-order valence-corrected chi connectivity index (χ2v) is 8.33. The number of aromatic nitrogens is 5. The smallest absolute Gasteiger partial charge is 0.250 e. The maximum atomic E-state index is 12.6. The Morgan fingerprint density at radius 3 is 2.76 bits per heavy atom. The van der Waals surface area contributed by atoms with Gasteiger partial charge in [0, 0.05) is 48.9 Å². The molecule has 1 aromatic carbocycles. The number of piperidine rings is 1. The van der Waals surface area contributed by atoms with Crippen LogP contribution in [0.25, 0.3) is 11.4 Å². The van der Waals surface area contributed by atoms with E-state index < -0.39 is 0 Å². The summed E-state index contributed by atoms with van der Waals surface area (Å²) < 4.78 is 2.11. The molecular formula is C22H26N6O. The zero-order chi connectivity index (χ0) is 19.8. The van der Waals surface area contributed by atoms with E-state index in [1.807, 2.05) is 6.07 Å². The summed E-state index contributed by atoms with van der Waals surface area (Å²) in [4.78, 5) is 15.2. The van der Waals surface area contributed by atoms with Crippen molar-refractivity contribution in [3.05, 3.63) is 64.1 Å². The van der Waals surface area contributed by atoms with E-state index in [0.29, 0.717) is 23.7 Å². The van der Waals surface area contributed by atoms with Gasteiger partial charge in [-0.3, -0.25) is 9.69 Å². The van der Waals surface area contributed by atoms with Gasteiger partial charge in [0.25, 0.3) is 5.56 Å². The second kappa shape index (κ2) is 7.55. The topological polar surface area (TPSA) is 79.7 Å². The van der Waals surface area contributed by atoms with E-state index in [4.69, 9.17) is 0 Å². The molecule has 4 heterocycles. The Hall–Kier alpha value is -2.80. The van der Waals surface area contributed by atoms with Gasteiger partial charge in [-0.2, -0.15) is 5.21 Å². The molecular weight excluding hydrogens is 364 g/mol.